The maximum atomic E-state index is 13.7. The van der Waals surface area contributed by atoms with Gasteiger partial charge in [-0.1, -0.05) is 30.0 Å². The van der Waals surface area contributed by atoms with E-state index in [1.54, 1.807) is 17.5 Å². The van der Waals surface area contributed by atoms with Crippen molar-refractivity contribution in [3.8, 4) is 16.9 Å². The minimum atomic E-state index is -1.12. The highest BCUT2D eigenvalue weighted by Gasteiger charge is 2.32. The number of nitrogens with zero attached hydrogens (tertiary/aromatic N) is 2. The normalized spacial score (nSPS) is 16.5. The number of nitrogens with one attached hydrogen (secondary N) is 1. The predicted octanol–water partition coefficient (Wildman–Crippen LogP) is 5.33. The number of carbonyl (C=O) groups excluding carboxylic acids is 2. The molecule has 0 atom stereocenters. The summed E-state index contributed by atoms with van der Waals surface area (Å²) in [4.78, 5) is 42.1. The summed E-state index contributed by atoms with van der Waals surface area (Å²) in [6.45, 7) is 3.79. The van der Waals surface area contributed by atoms with Crippen molar-refractivity contribution in [2.24, 2.45) is 0 Å². The summed E-state index contributed by atoms with van der Waals surface area (Å²) in [7, 11) is 0. The van der Waals surface area contributed by atoms with Crippen LogP contribution in [0.3, 0.4) is 0 Å². The van der Waals surface area contributed by atoms with Crippen molar-refractivity contribution >= 4 is 69.2 Å². The van der Waals surface area contributed by atoms with Gasteiger partial charge >= 0.3 is 5.97 Å². The van der Waals surface area contributed by atoms with Gasteiger partial charge in [0.05, 0.1) is 29.4 Å². The Kier molecular flexibility index (Phi) is 10.4. The zero-order valence-electron chi connectivity index (χ0n) is 23.2. The van der Waals surface area contributed by atoms with E-state index < -0.39 is 23.5 Å². The first-order valence-corrected chi connectivity index (χ1v) is 15.7. The molecule has 2 N–H and O–H groups in total. The van der Waals surface area contributed by atoms with Crippen molar-refractivity contribution in [3.63, 3.8) is 0 Å². The first kappa shape index (κ1) is 31.7. The molecule has 2 fully saturated rings. The minimum absolute atomic E-state index is 0.0245. The van der Waals surface area contributed by atoms with Crippen molar-refractivity contribution in [2.45, 2.75) is 6.42 Å². The van der Waals surface area contributed by atoms with E-state index in [2.05, 4.69) is 10.2 Å². The molecule has 0 aliphatic carbocycles. The third kappa shape index (κ3) is 7.87. The number of hydrogen-bond acceptors (Lipinski definition) is 9. The number of thiophene rings is 1. The van der Waals surface area contributed by atoms with Crippen LogP contribution in [0.2, 0.25) is 0 Å². The molecule has 14 heteroatoms. The number of thioether (sulfide) groups is 1. The Morgan fingerprint density at radius 3 is 2.61 bits per heavy atom. The topological polar surface area (TPSA) is 108 Å². The molecule has 1 aromatic heterocycles. The molecule has 44 heavy (non-hydrogen) atoms. The van der Waals surface area contributed by atoms with E-state index >= 15 is 0 Å². The number of morpholine rings is 1. The van der Waals surface area contributed by atoms with Crippen molar-refractivity contribution in [2.75, 3.05) is 51.3 Å². The third-order valence-corrected chi connectivity index (χ3v) is 9.11. The van der Waals surface area contributed by atoms with Gasteiger partial charge in [-0.05, 0) is 59.0 Å². The Labute approximate surface area is 265 Å². The number of rotatable bonds is 11. The second kappa shape index (κ2) is 14.4. The third-order valence-electron chi connectivity index (χ3n) is 6.85. The molecule has 2 saturated heterocycles. The molecular weight excluding hydrogens is 633 g/mol. The first-order valence-electron chi connectivity index (χ1n) is 13.6. The highest BCUT2D eigenvalue weighted by Crippen LogP contribution is 2.35. The molecule has 3 heterocycles. The average molecular weight is 660 g/mol. The summed E-state index contributed by atoms with van der Waals surface area (Å²) in [5.74, 6) is -3.49. The lowest BCUT2D eigenvalue weighted by molar-refractivity contribution is -0.122. The molecule has 2 aromatic carbocycles. The Hall–Kier alpha value is -3.69. The second-order valence-corrected chi connectivity index (χ2v) is 12.4. The quantitative estimate of drug-likeness (QED) is 0.209. The van der Waals surface area contributed by atoms with Crippen LogP contribution >= 0.6 is 35.3 Å². The monoisotopic (exact) mass is 659 g/mol. The van der Waals surface area contributed by atoms with E-state index in [1.165, 1.54) is 40.5 Å². The lowest BCUT2D eigenvalue weighted by Crippen LogP contribution is -2.38. The summed E-state index contributed by atoms with van der Waals surface area (Å²) in [6, 6.07) is 9.66. The SMILES string of the molecule is O=C(CCN1C(=O)/C(=C/c2cc(-c3ccc(F)c(F)c3)cs2)SC1=S)Nc1ccc(C(=O)O)cc1OCCN1CCOCC1. The Balaban J connectivity index is 1.18. The number of anilines is 1. The van der Waals surface area contributed by atoms with Crippen molar-refractivity contribution in [1.29, 1.82) is 0 Å². The molecule has 0 bridgehead atoms. The van der Waals surface area contributed by atoms with Crippen LogP contribution < -0.4 is 10.1 Å². The Morgan fingerprint density at radius 1 is 1.07 bits per heavy atom. The number of carboxylic acids is 1. The fourth-order valence-electron chi connectivity index (χ4n) is 4.49. The first-order chi connectivity index (χ1) is 21.2. The van der Waals surface area contributed by atoms with Crippen molar-refractivity contribution in [3.05, 3.63) is 74.8 Å². The highest BCUT2D eigenvalue weighted by atomic mass is 32.2. The number of thiocarbonyl (C=S) groups is 1. The van der Waals surface area contributed by atoms with Crippen molar-refractivity contribution in [1.82, 2.24) is 9.80 Å². The second-order valence-electron chi connectivity index (χ2n) is 9.82. The molecule has 3 aromatic rings. The average Bonchev–Trinajstić information content (AvgIpc) is 3.58. The zero-order valence-corrected chi connectivity index (χ0v) is 25.7. The number of hydrogen-bond donors (Lipinski definition) is 2. The fraction of sp³-hybridized carbons (Fsp3) is 0.267. The van der Waals surface area contributed by atoms with Crippen LogP contribution in [-0.2, 0) is 14.3 Å². The van der Waals surface area contributed by atoms with E-state index in [4.69, 9.17) is 21.7 Å². The number of halogens is 2. The summed E-state index contributed by atoms with van der Waals surface area (Å²) in [5.41, 5.74) is 1.55. The van der Waals surface area contributed by atoms with Crippen LogP contribution in [0.15, 0.2) is 52.7 Å². The standard InChI is InChI=1S/C30H27F2N3O6S3/c31-22-3-1-18(14-23(22)32)20-13-21(43-17-20)16-26-28(37)35(30(42)44-26)6-5-27(36)33-24-4-2-19(29(38)39)15-25(24)41-12-9-34-7-10-40-11-8-34/h1-4,13-17H,5-12H2,(H,33,36)(H,38,39)/b26-16-. The molecule has 5 rings (SSSR count). The van der Waals surface area contributed by atoms with Crippen molar-refractivity contribution < 1.29 is 37.7 Å². The molecule has 0 saturated carbocycles. The van der Waals surface area contributed by atoms with Gasteiger partial charge < -0.3 is 19.9 Å². The van der Waals surface area contributed by atoms with Gasteiger partial charge in [-0.25, -0.2) is 13.6 Å². The zero-order chi connectivity index (χ0) is 31.2. The van der Waals surface area contributed by atoms with Gasteiger partial charge in [0.15, 0.2) is 11.6 Å². The lowest BCUT2D eigenvalue weighted by Gasteiger charge is -2.26. The summed E-state index contributed by atoms with van der Waals surface area (Å²) in [6.07, 6.45) is 1.62. The number of carbonyl (C=O) groups is 3. The number of benzene rings is 2. The number of amides is 2. The van der Waals surface area contributed by atoms with Gasteiger partial charge in [-0.3, -0.25) is 19.4 Å². The number of ether oxygens (including phenoxy) is 2. The predicted molar refractivity (Wildman–Crippen MR) is 169 cm³/mol. The van der Waals surface area contributed by atoms with Gasteiger partial charge in [-0.15, -0.1) is 11.3 Å². The molecule has 230 valence electrons. The molecule has 0 unspecified atom stereocenters. The van der Waals surface area contributed by atoms with Crippen LogP contribution in [0, 0.1) is 11.6 Å². The maximum absolute atomic E-state index is 13.7. The van der Waals surface area contributed by atoms with Gasteiger partial charge in [0.1, 0.15) is 16.7 Å². The summed E-state index contributed by atoms with van der Waals surface area (Å²) >= 11 is 7.85. The molecule has 0 radical (unpaired) electrons. The van der Waals surface area contributed by atoms with E-state index in [1.807, 2.05) is 0 Å². The highest BCUT2D eigenvalue weighted by molar-refractivity contribution is 8.26. The van der Waals surface area contributed by atoms with Gasteiger partial charge in [0.25, 0.3) is 5.91 Å². The van der Waals surface area contributed by atoms with E-state index in [9.17, 15) is 28.3 Å². The molecule has 9 nitrogen and oxygen atoms in total. The lowest BCUT2D eigenvalue weighted by atomic mass is 10.1. The molecule has 2 aliphatic rings. The van der Waals surface area contributed by atoms with Gasteiger partial charge in [0, 0.05) is 37.5 Å². The van der Waals surface area contributed by atoms with Gasteiger partial charge in [0.2, 0.25) is 5.91 Å². The van der Waals surface area contributed by atoms with E-state index in [-0.39, 0.29) is 30.2 Å². The Bertz CT molecular complexity index is 1620. The largest absolute Gasteiger partial charge is 0.490 e. The smallest absolute Gasteiger partial charge is 0.335 e. The minimum Gasteiger partial charge on any atom is -0.490 e. The van der Waals surface area contributed by atoms with E-state index in [0.717, 1.165) is 41.9 Å². The number of carboxylic acid groups (broad SMARTS) is 1. The summed E-state index contributed by atoms with van der Waals surface area (Å²) < 4.78 is 38.5. The van der Waals surface area contributed by atoms with Gasteiger partial charge in [-0.2, -0.15) is 0 Å². The maximum Gasteiger partial charge on any atom is 0.335 e. The van der Waals surface area contributed by atoms with Crippen LogP contribution in [0.1, 0.15) is 21.7 Å². The summed E-state index contributed by atoms with van der Waals surface area (Å²) in [5, 5.41) is 13.9. The van der Waals surface area contributed by atoms with Crippen LogP contribution in [0.4, 0.5) is 14.5 Å². The fourth-order valence-corrected chi connectivity index (χ4v) is 6.71. The van der Waals surface area contributed by atoms with Crippen LogP contribution in [0.5, 0.6) is 5.75 Å². The van der Waals surface area contributed by atoms with Crippen LogP contribution in [-0.4, -0.2) is 83.0 Å². The number of aromatic carboxylic acids is 1. The molecule has 2 aliphatic heterocycles. The molecule has 2 amide bonds. The van der Waals surface area contributed by atoms with Crippen LogP contribution in [0.25, 0.3) is 17.2 Å². The molecular formula is C30H27F2N3O6S3. The van der Waals surface area contributed by atoms with E-state index in [0.29, 0.717) is 52.4 Å². The Morgan fingerprint density at radius 2 is 1.86 bits per heavy atom. The molecule has 0 spiro atoms.